The molecule has 0 aromatic heterocycles. The van der Waals surface area contributed by atoms with E-state index in [1.807, 2.05) is 19.9 Å². The van der Waals surface area contributed by atoms with Crippen molar-refractivity contribution in [3.05, 3.63) is 35.6 Å². The Kier molecular flexibility index (Phi) is 5.28. The second-order valence-electron chi connectivity index (χ2n) is 4.75. The summed E-state index contributed by atoms with van der Waals surface area (Å²) in [5.74, 6) is -0.289. The first-order valence-corrected chi connectivity index (χ1v) is 6.24. The van der Waals surface area contributed by atoms with Gasteiger partial charge in [0.05, 0.1) is 5.41 Å². The monoisotopic (exact) mass is 252 g/mol. The molecule has 0 radical (unpaired) electrons. The highest BCUT2D eigenvalue weighted by Gasteiger charge is 2.28. The molecule has 1 unspecified atom stereocenters. The summed E-state index contributed by atoms with van der Waals surface area (Å²) in [5.41, 5.74) is 5.97. The van der Waals surface area contributed by atoms with Gasteiger partial charge in [0.1, 0.15) is 5.82 Å². The average Bonchev–Trinajstić information content (AvgIpc) is 2.37. The van der Waals surface area contributed by atoms with Crippen molar-refractivity contribution in [2.45, 2.75) is 26.7 Å². The number of rotatable bonds is 6. The van der Waals surface area contributed by atoms with Gasteiger partial charge in [-0.1, -0.05) is 19.1 Å². The second-order valence-corrected chi connectivity index (χ2v) is 4.75. The minimum atomic E-state index is -0.512. The zero-order valence-corrected chi connectivity index (χ0v) is 11.0. The van der Waals surface area contributed by atoms with Crippen molar-refractivity contribution in [1.29, 1.82) is 0 Å². The van der Waals surface area contributed by atoms with E-state index in [0.29, 0.717) is 25.9 Å². The van der Waals surface area contributed by atoms with E-state index in [1.165, 1.54) is 12.1 Å². The highest BCUT2D eigenvalue weighted by molar-refractivity contribution is 5.82. The molecule has 1 atom stereocenters. The standard InChI is InChI=1S/C14H21FN2O/c1-3-14(2,10-16)13(18)17-8-7-11-5-4-6-12(15)9-11/h4-6,9H,3,7-8,10,16H2,1-2H3,(H,17,18). The fourth-order valence-electron chi connectivity index (χ4n) is 1.62. The van der Waals surface area contributed by atoms with Gasteiger partial charge in [-0.15, -0.1) is 0 Å². The molecule has 0 saturated heterocycles. The molecule has 4 heteroatoms. The summed E-state index contributed by atoms with van der Waals surface area (Å²) in [6.07, 6.45) is 1.32. The minimum absolute atomic E-state index is 0.0381. The number of amides is 1. The molecule has 100 valence electrons. The third kappa shape index (κ3) is 3.81. The van der Waals surface area contributed by atoms with Crippen LogP contribution in [0.5, 0.6) is 0 Å². The van der Waals surface area contributed by atoms with Crippen LogP contribution in [0.4, 0.5) is 4.39 Å². The summed E-state index contributed by atoms with van der Waals surface area (Å²) in [6, 6.07) is 6.40. The van der Waals surface area contributed by atoms with Crippen LogP contribution in [0.2, 0.25) is 0 Å². The zero-order valence-electron chi connectivity index (χ0n) is 11.0. The van der Waals surface area contributed by atoms with Gasteiger partial charge in [0, 0.05) is 13.1 Å². The molecular weight excluding hydrogens is 231 g/mol. The Balaban J connectivity index is 2.45. The number of halogens is 1. The predicted octanol–water partition coefficient (Wildman–Crippen LogP) is 1.86. The van der Waals surface area contributed by atoms with Gasteiger partial charge in [-0.2, -0.15) is 0 Å². The van der Waals surface area contributed by atoms with E-state index in [2.05, 4.69) is 5.32 Å². The van der Waals surface area contributed by atoms with Gasteiger partial charge in [0.2, 0.25) is 5.91 Å². The number of nitrogens with two attached hydrogens (primary N) is 1. The highest BCUT2D eigenvalue weighted by Crippen LogP contribution is 2.18. The lowest BCUT2D eigenvalue weighted by Crippen LogP contribution is -2.44. The summed E-state index contributed by atoms with van der Waals surface area (Å²) in [7, 11) is 0. The lowest BCUT2D eigenvalue weighted by Gasteiger charge is -2.24. The normalized spacial score (nSPS) is 14.0. The molecule has 0 aliphatic rings. The van der Waals surface area contributed by atoms with Gasteiger partial charge >= 0.3 is 0 Å². The Morgan fingerprint density at radius 2 is 2.22 bits per heavy atom. The van der Waals surface area contributed by atoms with Crippen LogP contribution in [0.3, 0.4) is 0 Å². The van der Waals surface area contributed by atoms with Crippen LogP contribution in [0.1, 0.15) is 25.8 Å². The quantitative estimate of drug-likeness (QED) is 0.812. The molecule has 1 amide bonds. The second kappa shape index (κ2) is 6.50. The first kappa shape index (κ1) is 14.6. The van der Waals surface area contributed by atoms with Gasteiger partial charge in [-0.25, -0.2) is 4.39 Å². The SMILES string of the molecule is CCC(C)(CN)C(=O)NCCc1cccc(F)c1. The van der Waals surface area contributed by atoms with Crippen LogP contribution in [0.15, 0.2) is 24.3 Å². The minimum Gasteiger partial charge on any atom is -0.355 e. The molecule has 0 saturated carbocycles. The Morgan fingerprint density at radius 3 is 2.78 bits per heavy atom. The lowest BCUT2D eigenvalue weighted by molar-refractivity contribution is -0.129. The number of hydrogen-bond donors (Lipinski definition) is 2. The molecule has 3 N–H and O–H groups in total. The van der Waals surface area contributed by atoms with Crippen molar-refractivity contribution < 1.29 is 9.18 Å². The van der Waals surface area contributed by atoms with Gasteiger partial charge in [-0.3, -0.25) is 4.79 Å². The smallest absolute Gasteiger partial charge is 0.227 e. The Hall–Kier alpha value is -1.42. The molecule has 0 fully saturated rings. The van der Waals surface area contributed by atoms with Crippen molar-refractivity contribution >= 4 is 5.91 Å². The van der Waals surface area contributed by atoms with E-state index in [4.69, 9.17) is 5.73 Å². The van der Waals surface area contributed by atoms with Gasteiger partial charge in [-0.05, 0) is 37.5 Å². The fourth-order valence-corrected chi connectivity index (χ4v) is 1.62. The van der Waals surface area contributed by atoms with Crippen LogP contribution < -0.4 is 11.1 Å². The van der Waals surface area contributed by atoms with Crippen molar-refractivity contribution in [2.24, 2.45) is 11.1 Å². The van der Waals surface area contributed by atoms with Crippen LogP contribution in [-0.4, -0.2) is 19.0 Å². The number of carbonyl (C=O) groups excluding carboxylic acids is 1. The van der Waals surface area contributed by atoms with E-state index in [1.54, 1.807) is 6.07 Å². The van der Waals surface area contributed by atoms with E-state index in [-0.39, 0.29) is 11.7 Å². The topological polar surface area (TPSA) is 55.1 Å². The first-order valence-electron chi connectivity index (χ1n) is 6.24. The molecule has 0 spiro atoms. The van der Waals surface area contributed by atoms with Gasteiger partial charge < -0.3 is 11.1 Å². The lowest BCUT2D eigenvalue weighted by atomic mass is 9.86. The summed E-state index contributed by atoms with van der Waals surface area (Å²) in [5, 5.41) is 2.85. The summed E-state index contributed by atoms with van der Waals surface area (Å²) >= 11 is 0. The molecule has 1 aromatic carbocycles. The molecule has 18 heavy (non-hydrogen) atoms. The van der Waals surface area contributed by atoms with Crippen LogP contribution in [0.25, 0.3) is 0 Å². The molecular formula is C14H21FN2O. The molecule has 0 heterocycles. The van der Waals surface area contributed by atoms with Crippen molar-refractivity contribution in [3.8, 4) is 0 Å². The molecule has 1 rings (SSSR count). The van der Waals surface area contributed by atoms with Crippen LogP contribution >= 0.6 is 0 Å². The maximum absolute atomic E-state index is 12.9. The number of hydrogen-bond acceptors (Lipinski definition) is 2. The molecule has 1 aromatic rings. The van der Waals surface area contributed by atoms with Gasteiger partial charge in [0.15, 0.2) is 0 Å². The predicted molar refractivity (Wildman–Crippen MR) is 70.6 cm³/mol. The van der Waals surface area contributed by atoms with Crippen molar-refractivity contribution in [1.82, 2.24) is 5.32 Å². The zero-order chi connectivity index (χ0) is 13.6. The Labute approximate surface area is 108 Å². The van der Waals surface area contributed by atoms with E-state index in [0.717, 1.165) is 5.56 Å². The van der Waals surface area contributed by atoms with Gasteiger partial charge in [0.25, 0.3) is 0 Å². The van der Waals surface area contributed by atoms with E-state index >= 15 is 0 Å². The summed E-state index contributed by atoms with van der Waals surface area (Å²) in [6.45, 7) is 4.62. The third-order valence-corrected chi connectivity index (χ3v) is 3.37. The number of nitrogens with one attached hydrogen (secondary N) is 1. The van der Waals surface area contributed by atoms with Crippen molar-refractivity contribution in [3.63, 3.8) is 0 Å². The fraction of sp³-hybridized carbons (Fsp3) is 0.500. The van der Waals surface area contributed by atoms with E-state index < -0.39 is 5.41 Å². The summed E-state index contributed by atoms with van der Waals surface area (Å²) in [4.78, 5) is 11.9. The summed E-state index contributed by atoms with van der Waals surface area (Å²) < 4.78 is 12.9. The highest BCUT2D eigenvalue weighted by atomic mass is 19.1. The third-order valence-electron chi connectivity index (χ3n) is 3.37. The molecule has 0 aliphatic heterocycles. The average molecular weight is 252 g/mol. The number of carbonyl (C=O) groups is 1. The Bertz CT molecular complexity index is 403. The van der Waals surface area contributed by atoms with Crippen LogP contribution in [-0.2, 0) is 11.2 Å². The molecule has 0 aliphatic carbocycles. The maximum atomic E-state index is 12.9. The largest absolute Gasteiger partial charge is 0.355 e. The molecule has 3 nitrogen and oxygen atoms in total. The first-order chi connectivity index (χ1) is 8.51. The molecule has 0 bridgehead atoms. The number of benzene rings is 1. The Morgan fingerprint density at radius 1 is 1.50 bits per heavy atom. The maximum Gasteiger partial charge on any atom is 0.227 e. The van der Waals surface area contributed by atoms with E-state index in [9.17, 15) is 9.18 Å². The van der Waals surface area contributed by atoms with Crippen LogP contribution in [0, 0.1) is 11.2 Å². The van der Waals surface area contributed by atoms with Crippen molar-refractivity contribution in [2.75, 3.05) is 13.1 Å².